The first-order valence-electron chi connectivity index (χ1n) is 7.17. The van der Waals surface area contributed by atoms with Crippen LogP contribution in [0.1, 0.15) is 28.9 Å². The molecule has 5 nitrogen and oxygen atoms in total. The number of benzene rings is 2. The summed E-state index contributed by atoms with van der Waals surface area (Å²) in [6.45, 7) is 1.86. The molecular weight excluding hydrogens is 349 g/mol. The largest absolute Gasteiger partial charge is 0.423 e. The van der Waals surface area contributed by atoms with Gasteiger partial charge in [-0.2, -0.15) is 0 Å². The van der Waals surface area contributed by atoms with Crippen molar-refractivity contribution in [2.24, 2.45) is 0 Å². The second-order valence-corrected chi connectivity index (χ2v) is 6.03. The predicted molar refractivity (Wildman–Crippen MR) is 92.1 cm³/mol. The Bertz CT molecular complexity index is 849. The van der Waals surface area contributed by atoms with Gasteiger partial charge in [0.2, 0.25) is 12.3 Å². The van der Waals surface area contributed by atoms with E-state index in [9.17, 15) is 4.79 Å². The SMILES string of the molecule is C[C@@H](NC(=O)c1ccc(-c2nnco2)cc1)c1ccc(Cl)cc1Cl. The van der Waals surface area contributed by atoms with Crippen molar-refractivity contribution in [1.29, 1.82) is 0 Å². The maximum Gasteiger partial charge on any atom is 0.251 e. The molecule has 24 heavy (non-hydrogen) atoms. The molecule has 0 bridgehead atoms. The molecular formula is C17H13Cl2N3O2. The molecule has 3 aromatic rings. The maximum atomic E-state index is 12.4. The third-order valence-corrected chi connectivity index (χ3v) is 4.09. The lowest BCUT2D eigenvalue weighted by atomic mass is 10.1. The molecule has 0 aliphatic carbocycles. The number of rotatable bonds is 4. The monoisotopic (exact) mass is 361 g/mol. The van der Waals surface area contributed by atoms with Gasteiger partial charge in [0.05, 0.1) is 6.04 Å². The number of hydrogen-bond donors (Lipinski definition) is 1. The van der Waals surface area contributed by atoms with E-state index in [0.29, 0.717) is 21.5 Å². The van der Waals surface area contributed by atoms with Crippen molar-refractivity contribution in [1.82, 2.24) is 15.5 Å². The van der Waals surface area contributed by atoms with E-state index in [1.165, 1.54) is 6.39 Å². The third-order valence-electron chi connectivity index (χ3n) is 3.53. The molecule has 0 fully saturated rings. The van der Waals surface area contributed by atoms with Gasteiger partial charge in [-0.15, -0.1) is 10.2 Å². The first-order chi connectivity index (χ1) is 11.5. The molecule has 122 valence electrons. The normalized spacial score (nSPS) is 12.0. The van der Waals surface area contributed by atoms with E-state index < -0.39 is 0 Å². The second-order valence-electron chi connectivity index (χ2n) is 5.18. The lowest BCUT2D eigenvalue weighted by molar-refractivity contribution is 0.0940. The molecule has 3 rings (SSSR count). The molecule has 0 saturated carbocycles. The van der Waals surface area contributed by atoms with Crippen molar-refractivity contribution in [2.45, 2.75) is 13.0 Å². The quantitative estimate of drug-likeness (QED) is 0.740. The van der Waals surface area contributed by atoms with E-state index >= 15 is 0 Å². The van der Waals surface area contributed by atoms with Crippen LogP contribution in [-0.4, -0.2) is 16.1 Å². The van der Waals surface area contributed by atoms with Crippen LogP contribution in [0.5, 0.6) is 0 Å². The Kier molecular flexibility index (Phi) is 4.83. The minimum absolute atomic E-state index is 0.203. The lowest BCUT2D eigenvalue weighted by Crippen LogP contribution is -2.26. The minimum Gasteiger partial charge on any atom is -0.423 e. The molecule has 7 heteroatoms. The van der Waals surface area contributed by atoms with Crippen LogP contribution in [-0.2, 0) is 0 Å². The lowest BCUT2D eigenvalue weighted by Gasteiger charge is -2.16. The summed E-state index contributed by atoms with van der Waals surface area (Å²) in [5, 5.41) is 11.4. The fourth-order valence-electron chi connectivity index (χ4n) is 2.27. The maximum absolute atomic E-state index is 12.4. The van der Waals surface area contributed by atoms with Crippen molar-refractivity contribution < 1.29 is 9.21 Å². The van der Waals surface area contributed by atoms with Crippen molar-refractivity contribution >= 4 is 29.1 Å². The van der Waals surface area contributed by atoms with Crippen LogP contribution in [0.2, 0.25) is 10.0 Å². The van der Waals surface area contributed by atoms with Crippen LogP contribution in [0.25, 0.3) is 11.5 Å². The number of carbonyl (C=O) groups excluding carboxylic acids is 1. The van der Waals surface area contributed by atoms with E-state index in [0.717, 1.165) is 11.1 Å². The first-order valence-corrected chi connectivity index (χ1v) is 7.92. The molecule has 1 amide bonds. The molecule has 0 saturated heterocycles. The number of hydrogen-bond acceptors (Lipinski definition) is 4. The molecule has 0 unspecified atom stereocenters. The van der Waals surface area contributed by atoms with Gasteiger partial charge in [-0.05, 0) is 48.9 Å². The van der Waals surface area contributed by atoms with Crippen molar-refractivity contribution in [3.63, 3.8) is 0 Å². The van der Waals surface area contributed by atoms with Crippen molar-refractivity contribution in [3.8, 4) is 11.5 Å². The van der Waals surface area contributed by atoms with E-state index in [2.05, 4.69) is 15.5 Å². The summed E-state index contributed by atoms with van der Waals surface area (Å²) < 4.78 is 5.12. The summed E-state index contributed by atoms with van der Waals surface area (Å²) in [5.41, 5.74) is 2.07. The van der Waals surface area contributed by atoms with Gasteiger partial charge in [0.25, 0.3) is 5.91 Å². The molecule has 1 heterocycles. The number of nitrogens with one attached hydrogen (secondary N) is 1. The Hall–Kier alpha value is -2.37. The van der Waals surface area contributed by atoms with Crippen LogP contribution in [0.15, 0.2) is 53.3 Å². The highest BCUT2D eigenvalue weighted by molar-refractivity contribution is 6.35. The summed E-state index contributed by atoms with van der Waals surface area (Å²) in [6.07, 6.45) is 1.26. The molecule has 1 aromatic heterocycles. The predicted octanol–water partition coefficient (Wildman–Crippen LogP) is 4.53. The number of carbonyl (C=O) groups is 1. The van der Waals surface area contributed by atoms with Crippen LogP contribution in [0, 0.1) is 0 Å². The average Bonchev–Trinajstić information content (AvgIpc) is 3.09. The number of aromatic nitrogens is 2. The van der Waals surface area contributed by atoms with Gasteiger partial charge >= 0.3 is 0 Å². The molecule has 0 aliphatic rings. The van der Waals surface area contributed by atoms with E-state index in [4.69, 9.17) is 27.6 Å². The Morgan fingerprint density at radius 1 is 1.17 bits per heavy atom. The zero-order valence-corrected chi connectivity index (χ0v) is 14.2. The average molecular weight is 362 g/mol. The van der Waals surface area contributed by atoms with Crippen molar-refractivity contribution in [2.75, 3.05) is 0 Å². The van der Waals surface area contributed by atoms with Gasteiger partial charge in [-0.25, -0.2) is 0 Å². The molecule has 1 N–H and O–H groups in total. The third kappa shape index (κ3) is 3.58. The number of amides is 1. The van der Waals surface area contributed by atoms with Gasteiger partial charge in [0.1, 0.15) is 0 Å². The molecule has 2 aromatic carbocycles. The summed E-state index contributed by atoms with van der Waals surface area (Å²) in [5.74, 6) is 0.203. The molecule has 1 atom stereocenters. The van der Waals surface area contributed by atoms with Crippen LogP contribution >= 0.6 is 23.2 Å². The Morgan fingerprint density at radius 2 is 1.92 bits per heavy atom. The topological polar surface area (TPSA) is 68.0 Å². The van der Waals surface area contributed by atoms with Gasteiger partial charge in [0, 0.05) is 21.2 Å². The van der Waals surface area contributed by atoms with E-state index in [1.54, 1.807) is 42.5 Å². The zero-order valence-electron chi connectivity index (χ0n) is 12.7. The summed E-state index contributed by atoms with van der Waals surface area (Å²) >= 11 is 12.1. The first kappa shape index (κ1) is 16.5. The van der Waals surface area contributed by atoms with E-state index in [-0.39, 0.29) is 11.9 Å². The Balaban J connectivity index is 1.72. The molecule has 0 aliphatic heterocycles. The standard InChI is InChI=1S/C17H13Cl2N3O2/c1-10(14-7-6-13(18)8-15(14)19)21-16(23)11-2-4-12(5-3-11)17-22-20-9-24-17/h2-10H,1H3,(H,21,23)/t10-/m1/s1. The minimum atomic E-state index is -0.252. The molecule has 0 spiro atoms. The van der Waals surface area contributed by atoms with Gasteiger partial charge in [0.15, 0.2) is 0 Å². The number of halogens is 2. The van der Waals surface area contributed by atoms with E-state index in [1.807, 2.05) is 6.92 Å². The Morgan fingerprint density at radius 3 is 2.54 bits per heavy atom. The number of nitrogens with zero attached hydrogens (tertiary/aromatic N) is 2. The smallest absolute Gasteiger partial charge is 0.251 e. The second kappa shape index (κ2) is 7.03. The Labute approximate surface area is 148 Å². The summed E-state index contributed by atoms with van der Waals surface area (Å²) in [6, 6.07) is 11.8. The highest BCUT2D eigenvalue weighted by atomic mass is 35.5. The zero-order chi connectivity index (χ0) is 17.1. The van der Waals surface area contributed by atoms with Crippen molar-refractivity contribution in [3.05, 3.63) is 70.0 Å². The van der Waals surface area contributed by atoms with Crippen LogP contribution in [0.4, 0.5) is 0 Å². The summed E-state index contributed by atoms with van der Waals surface area (Å²) in [7, 11) is 0. The van der Waals surface area contributed by atoms with Crippen LogP contribution < -0.4 is 5.32 Å². The van der Waals surface area contributed by atoms with Crippen LogP contribution in [0.3, 0.4) is 0 Å². The highest BCUT2D eigenvalue weighted by Crippen LogP contribution is 2.26. The fraction of sp³-hybridized carbons (Fsp3) is 0.118. The fourth-order valence-corrected chi connectivity index (χ4v) is 2.85. The summed E-state index contributed by atoms with van der Waals surface area (Å²) in [4.78, 5) is 12.4. The van der Waals surface area contributed by atoms with Gasteiger partial charge in [-0.3, -0.25) is 4.79 Å². The van der Waals surface area contributed by atoms with Gasteiger partial charge in [-0.1, -0.05) is 29.3 Å². The molecule has 0 radical (unpaired) electrons. The highest BCUT2D eigenvalue weighted by Gasteiger charge is 2.14. The van der Waals surface area contributed by atoms with Gasteiger partial charge < -0.3 is 9.73 Å².